The third kappa shape index (κ3) is 48.9. The van der Waals surface area contributed by atoms with E-state index in [1.54, 1.807) is 0 Å². The van der Waals surface area contributed by atoms with Crippen molar-refractivity contribution in [2.45, 2.75) is 20.3 Å². The molecule has 0 spiro atoms. The molecular formula is C14H20O5. The first-order valence-corrected chi connectivity index (χ1v) is 5.41. The Hall–Kier alpha value is -1.97. The Morgan fingerprint density at radius 3 is 1.79 bits per heavy atom. The molecule has 0 radical (unpaired) electrons. The largest absolute Gasteiger partial charge is 0.453 e. The highest BCUT2D eigenvalue weighted by molar-refractivity contribution is 5.66. The summed E-state index contributed by atoms with van der Waals surface area (Å²) in [6, 6.07) is 0. The van der Waals surface area contributed by atoms with E-state index in [4.69, 9.17) is 15.3 Å². The van der Waals surface area contributed by atoms with Gasteiger partial charge >= 0.3 is 5.97 Å². The van der Waals surface area contributed by atoms with Crippen molar-refractivity contribution in [1.29, 1.82) is 0 Å². The van der Waals surface area contributed by atoms with Crippen molar-refractivity contribution in [3.63, 3.8) is 0 Å². The first kappa shape index (κ1) is 22.2. The molecule has 0 fully saturated rings. The summed E-state index contributed by atoms with van der Waals surface area (Å²) in [5, 5.41) is 23.5. The van der Waals surface area contributed by atoms with Crippen LogP contribution in [-0.4, -0.2) is 47.7 Å². The number of hydrogen-bond donors (Lipinski definition) is 3. The summed E-state index contributed by atoms with van der Waals surface area (Å²) < 4.78 is 4.53. The summed E-state index contributed by atoms with van der Waals surface area (Å²) >= 11 is 0. The minimum Gasteiger partial charge on any atom is -0.453 e. The van der Waals surface area contributed by atoms with Gasteiger partial charge in [-0.1, -0.05) is 30.6 Å². The van der Waals surface area contributed by atoms with Crippen molar-refractivity contribution >= 4 is 5.97 Å². The lowest BCUT2D eigenvalue weighted by molar-refractivity contribution is -0.139. The SMILES string of the molecule is C#CCO.CCC#CCOC(C)=O.OCC#CCO. The molecule has 0 rings (SSSR count). The Balaban J connectivity index is -0.000000222. The number of hydrogen-bond acceptors (Lipinski definition) is 5. The zero-order valence-electron chi connectivity index (χ0n) is 11.3. The van der Waals surface area contributed by atoms with E-state index in [1.807, 2.05) is 12.8 Å². The van der Waals surface area contributed by atoms with E-state index < -0.39 is 0 Å². The van der Waals surface area contributed by atoms with Gasteiger partial charge in [0, 0.05) is 13.3 Å². The molecule has 0 aliphatic carbocycles. The smallest absolute Gasteiger partial charge is 0.303 e. The number of esters is 1. The Kier molecular flexibility index (Phi) is 29.3. The maximum Gasteiger partial charge on any atom is 0.303 e. The molecule has 5 nitrogen and oxygen atoms in total. The van der Waals surface area contributed by atoms with Gasteiger partial charge in [0.25, 0.3) is 0 Å². The molecule has 0 saturated heterocycles. The lowest BCUT2D eigenvalue weighted by Crippen LogP contribution is -1.97. The van der Waals surface area contributed by atoms with Crippen LogP contribution < -0.4 is 0 Å². The lowest BCUT2D eigenvalue weighted by Gasteiger charge is -1.90. The molecule has 0 aromatic carbocycles. The van der Waals surface area contributed by atoms with E-state index in [-0.39, 0.29) is 32.4 Å². The molecule has 0 aliphatic rings. The van der Waals surface area contributed by atoms with Gasteiger partial charge in [-0.2, -0.15) is 0 Å². The zero-order chi connectivity index (χ0) is 15.4. The van der Waals surface area contributed by atoms with Crippen LogP contribution in [0.3, 0.4) is 0 Å². The van der Waals surface area contributed by atoms with Gasteiger partial charge in [-0.15, -0.1) is 12.3 Å². The Labute approximate surface area is 114 Å². The van der Waals surface area contributed by atoms with E-state index in [1.165, 1.54) is 6.92 Å². The summed E-state index contributed by atoms with van der Waals surface area (Å²) in [6.45, 7) is 3.05. The standard InChI is InChI=1S/C7H10O2.C4H6O2.C3H4O/c1-3-4-5-6-9-7(2)8;5-3-1-2-4-6;1-2-3-4/h3,6H2,1-2H3;5-6H,3-4H2;1,4H,3H2. The maximum absolute atomic E-state index is 10.1. The first-order chi connectivity index (χ1) is 9.10. The average molecular weight is 268 g/mol. The van der Waals surface area contributed by atoms with Gasteiger partial charge in [-0.25, -0.2) is 0 Å². The van der Waals surface area contributed by atoms with Gasteiger partial charge < -0.3 is 20.1 Å². The zero-order valence-corrected chi connectivity index (χ0v) is 11.3. The number of carbonyl (C=O) groups is 1. The predicted molar refractivity (Wildman–Crippen MR) is 72.6 cm³/mol. The van der Waals surface area contributed by atoms with Gasteiger partial charge in [-0.05, 0) is 0 Å². The van der Waals surface area contributed by atoms with E-state index in [9.17, 15) is 4.79 Å². The predicted octanol–water partition coefficient (Wildman–Crippen LogP) is -0.451. The van der Waals surface area contributed by atoms with Crippen molar-refractivity contribution in [2.24, 2.45) is 0 Å². The minimum atomic E-state index is -0.277. The van der Waals surface area contributed by atoms with Crippen molar-refractivity contribution in [3.05, 3.63) is 0 Å². The van der Waals surface area contributed by atoms with E-state index in [2.05, 4.69) is 34.8 Å². The summed E-state index contributed by atoms with van der Waals surface area (Å²) in [5.41, 5.74) is 0. The molecule has 0 aromatic rings. The van der Waals surface area contributed by atoms with Crippen LogP contribution in [-0.2, 0) is 9.53 Å². The Morgan fingerprint density at radius 2 is 1.53 bits per heavy atom. The van der Waals surface area contributed by atoms with Gasteiger partial charge in [0.1, 0.15) is 19.8 Å². The van der Waals surface area contributed by atoms with Crippen molar-refractivity contribution in [1.82, 2.24) is 0 Å². The fourth-order valence-corrected chi connectivity index (χ4v) is 0.426. The van der Waals surface area contributed by atoms with Gasteiger partial charge in [0.2, 0.25) is 0 Å². The number of terminal acetylenes is 1. The number of carbonyl (C=O) groups excluding carboxylic acids is 1. The average Bonchev–Trinajstić information content (AvgIpc) is 2.42. The molecule has 19 heavy (non-hydrogen) atoms. The molecule has 0 unspecified atom stereocenters. The second kappa shape index (κ2) is 25.0. The normalized spacial score (nSPS) is 6.53. The minimum absolute atomic E-state index is 0.153. The maximum atomic E-state index is 10.1. The van der Waals surface area contributed by atoms with Gasteiger partial charge in [-0.3, -0.25) is 4.79 Å². The molecular weight excluding hydrogens is 248 g/mol. The second-order valence-electron chi connectivity index (χ2n) is 2.52. The molecule has 0 saturated carbocycles. The van der Waals surface area contributed by atoms with Crippen LogP contribution in [0, 0.1) is 36.0 Å². The van der Waals surface area contributed by atoms with Gasteiger partial charge in [0.15, 0.2) is 6.61 Å². The van der Waals surface area contributed by atoms with Crippen LogP contribution in [0.5, 0.6) is 0 Å². The third-order valence-corrected chi connectivity index (χ3v) is 1.02. The van der Waals surface area contributed by atoms with Crippen molar-refractivity contribution in [2.75, 3.05) is 26.4 Å². The van der Waals surface area contributed by atoms with Crippen LogP contribution in [0.4, 0.5) is 0 Å². The number of aliphatic hydroxyl groups is 3. The molecule has 3 N–H and O–H groups in total. The summed E-state index contributed by atoms with van der Waals surface area (Å²) in [6.07, 6.45) is 5.33. The fraction of sp³-hybridized carbons (Fsp3) is 0.500. The number of rotatable bonds is 1. The molecule has 106 valence electrons. The van der Waals surface area contributed by atoms with Crippen LogP contribution in [0.1, 0.15) is 20.3 Å². The molecule has 0 atom stereocenters. The second-order valence-corrected chi connectivity index (χ2v) is 2.52. The quantitative estimate of drug-likeness (QED) is 0.443. The number of ether oxygens (including phenoxy) is 1. The monoisotopic (exact) mass is 268 g/mol. The highest BCUT2D eigenvalue weighted by atomic mass is 16.5. The molecule has 0 bridgehead atoms. The van der Waals surface area contributed by atoms with E-state index in [0.29, 0.717) is 0 Å². The highest BCUT2D eigenvalue weighted by Gasteiger charge is 1.84. The summed E-state index contributed by atoms with van der Waals surface area (Å²) in [4.78, 5) is 10.1. The Morgan fingerprint density at radius 1 is 1.05 bits per heavy atom. The van der Waals surface area contributed by atoms with Crippen LogP contribution in [0.25, 0.3) is 0 Å². The first-order valence-electron chi connectivity index (χ1n) is 5.41. The van der Waals surface area contributed by atoms with E-state index >= 15 is 0 Å². The van der Waals surface area contributed by atoms with Crippen LogP contribution in [0.2, 0.25) is 0 Å². The number of aliphatic hydroxyl groups excluding tert-OH is 3. The molecule has 0 aliphatic heterocycles. The Bertz CT molecular complexity index is 338. The fourth-order valence-electron chi connectivity index (χ4n) is 0.426. The topological polar surface area (TPSA) is 87.0 Å². The molecule has 0 aromatic heterocycles. The van der Waals surface area contributed by atoms with Crippen molar-refractivity contribution < 1.29 is 24.9 Å². The van der Waals surface area contributed by atoms with Crippen LogP contribution in [0.15, 0.2) is 0 Å². The summed E-state index contributed by atoms with van der Waals surface area (Å²) in [5.74, 6) is 11.7. The third-order valence-electron chi connectivity index (χ3n) is 1.02. The van der Waals surface area contributed by atoms with Crippen molar-refractivity contribution in [3.8, 4) is 36.0 Å². The highest BCUT2D eigenvalue weighted by Crippen LogP contribution is 1.73. The molecule has 5 heteroatoms. The lowest BCUT2D eigenvalue weighted by atomic mass is 10.5. The molecule has 0 heterocycles. The van der Waals surface area contributed by atoms with Crippen LogP contribution >= 0.6 is 0 Å². The van der Waals surface area contributed by atoms with Gasteiger partial charge in [0.05, 0.1) is 0 Å². The van der Waals surface area contributed by atoms with E-state index in [0.717, 1.165) is 6.42 Å². The summed E-state index contributed by atoms with van der Waals surface area (Å²) in [7, 11) is 0. The molecule has 0 amide bonds.